The van der Waals surface area contributed by atoms with E-state index < -0.39 is 30.5 Å². The van der Waals surface area contributed by atoms with Crippen molar-refractivity contribution in [3.63, 3.8) is 0 Å². The monoisotopic (exact) mass is 481 g/mol. The minimum atomic E-state index is -2.84. The van der Waals surface area contributed by atoms with Gasteiger partial charge in [0.15, 0.2) is 0 Å². The predicted molar refractivity (Wildman–Crippen MR) is 128 cm³/mol. The number of nitrogens with zero attached hydrogens (tertiary/aromatic N) is 3. The summed E-state index contributed by atoms with van der Waals surface area (Å²) in [6.07, 6.45) is 1.88. The Hall–Kier alpha value is -3.65. The van der Waals surface area contributed by atoms with Gasteiger partial charge in [0, 0.05) is 41.2 Å². The molecule has 0 aliphatic heterocycles. The third-order valence-electron chi connectivity index (χ3n) is 6.06. The summed E-state index contributed by atoms with van der Waals surface area (Å²) in [5.74, 6) is -0.610. The lowest BCUT2D eigenvalue weighted by Gasteiger charge is -2.21. The van der Waals surface area contributed by atoms with Crippen LogP contribution in [0.25, 0.3) is 5.69 Å². The zero-order chi connectivity index (χ0) is 25.3. The van der Waals surface area contributed by atoms with Gasteiger partial charge in [0.2, 0.25) is 0 Å². The van der Waals surface area contributed by atoms with Crippen molar-refractivity contribution in [3.05, 3.63) is 116 Å². The summed E-state index contributed by atoms with van der Waals surface area (Å²) in [5, 5.41) is 10.0. The van der Waals surface area contributed by atoms with Crippen molar-refractivity contribution >= 4 is 0 Å². The quantitative estimate of drug-likeness (QED) is 0.394. The number of pyridine rings is 1. The summed E-state index contributed by atoms with van der Waals surface area (Å²) >= 11 is 0. The van der Waals surface area contributed by atoms with Gasteiger partial charge < -0.3 is 14.2 Å². The molecule has 0 spiro atoms. The van der Waals surface area contributed by atoms with Crippen molar-refractivity contribution in [1.29, 1.82) is 0 Å². The molecular weight excluding hydrogens is 455 g/mol. The summed E-state index contributed by atoms with van der Waals surface area (Å²) in [6.45, 7) is 4.90. The third kappa shape index (κ3) is 5.07. The van der Waals surface area contributed by atoms with Crippen LogP contribution in [0.1, 0.15) is 51.5 Å². The van der Waals surface area contributed by atoms with E-state index in [1.54, 1.807) is 19.3 Å². The van der Waals surface area contributed by atoms with E-state index in [2.05, 4.69) is 4.98 Å². The number of alkyl halides is 2. The molecule has 4 rings (SSSR count). The highest BCUT2D eigenvalue weighted by Gasteiger charge is 2.22. The Labute approximate surface area is 201 Å². The van der Waals surface area contributed by atoms with E-state index >= 15 is 0 Å². The molecule has 1 atom stereocenters. The van der Waals surface area contributed by atoms with Crippen LogP contribution in [0.5, 0.6) is 0 Å². The molecule has 0 amide bonds. The van der Waals surface area contributed by atoms with E-state index in [4.69, 9.17) is 0 Å². The Morgan fingerprint density at radius 1 is 1.03 bits per heavy atom. The third-order valence-corrected chi connectivity index (χ3v) is 6.06. The molecule has 4 aromatic rings. The normalized spacial score (nSPS) is 12.3. The Morgan fingerprint density at radius 3 is 2.40 bits per heavy atom. The minimum Gasteiger partial charge on any atom is -0.394 e. The number of rotatable bonds is 7. The molecule has 0 unspecified atom stereocenters. The number of aliphatic hydroxyl groups is 1. The molecule has 0 saturated heterocycles. The Morgan fingerprint density at radius 2 is 1.80 bits per heavy atom. The minimum absolute atomic E-state index is 0.0633. The molecule has 2 aromatic heterocycles. The second-order valence-electron chi connectivity index (χ2n) is 8.76. The van der Waals surface area contributed by atoms with Crippen LogP contribution in [0.2, 0.25) is 0 Å². The molecule has 8 heteroatoms. The lowest BCUT2D eigenvalue weighted by Crippen LogP contribution is -2.31. The number of benzene rings is 2. The van der Waals surface area contributed by atoms with Crippen LogP contribution in [-0.2, 0) is 6.42 Å². The van der Waals surface area contributed by atoms with Gasteiger partial charge in [-0.2, -0.15) is 0 Å². The van der Waals surface area contributed by atoms with Gasteiger partial charge in [-0.3, -0.25) is 4.79 Å². The Balaban J connectivity index is 1.76. The first-order chi connectivity index (χ1) is 16.7. The lowest BCUT2D eigenvalue weighted by molar-refractivity contribution is 0.149. The number of aryl methyl sites for hydroxylation is 3. The second kappa shape index (κ2) is 9.92. The highest BCUT2D eigenvalue weighted by molar-refractivity contribution is 5.44. The highest BCUT2D eigenvalue weighted by atomic mass is 19.3. The standard InChI is InChI=1S/C27H26F3N3O2/c1-16-4-6-22(23(28)8-16)25(14-34)33-13-21(26(29)30)11-20(27(33)35)10-19-5-7-24(17(2)9-19)32-12-18(3)31-15-32/h4-9,11-13,15,25-26,34H,10,14H2,1-3H3/t25-/m0/s1. The zero-order valence-electron chi connectivity index (χ0n) is 19.7. The summed E-state index contributed by atoms with van der Waals surface area (Å²) in [5.41, 5.74) is 3.44. The summed E-state index contributed by atoms with van der Waals surface area (Å²) in [6, 6.07) is 10.1. The van der Waals surface area contributed by atoms with E-state index in [-0.39, 0.29) is 23.1 Å². The topological polar surface area (TPSA) is 60.1 Å². The maximum absolute atomic E-state index is 14.7. The largest absolute Gasteiger partial charge is 0.394 e. The van der Waals surface area contributed by atoms with Gasteiger partial charge in [0.1, 0.15) is 5.82 Å². The molecule has 0 aliphatic carbocycles. The van der Waals surface area contributed by atoms with Gasteiger partial charge in [0.25, 0.3) is 12.0 Å². The number of halogens is 3. The van der Waals surface area contributed by atoms with Crippen LogP contribution in [0, 0.1) is 26.6 Å². The maximum atomic E-state index is 14.7. The first kappa shape index (κ1) is 24.5. The van der Waals surface area contributed by atoms with Crippen molar-refractivity contribution in [2.75, 3.05) is 6.61 Å². The van der Waals surface area contributed by atoms with Crippen molar-refractivity contribution in [2.45, 2.75) is 39.7 Å². The fourth-order valence-electron chi connectivity index (χ4n) is 4.29. The van der Waals surface area contributed by atoms with Gasteiger partial charge in [0.05, 0.1) is 24.7 Å². The molecular formula is C27H26F3N3O2. The average Bonchev–Trinajstić information content (AvgIpc) is 3.23. The first-order valence-corrected chi connectivity index (χ1v) is 11.2. The molecule has 0 fully saturated rings. The smallest absolute Gasteiger partial charge is 0.265 e. The van der Waals surface area contributed by atoms with Gasteiger partial charge in [-0.15, -0.1) is 0 Å². The second-order valence-corrected chi connectivity index (χ2v) is 8.76. The van der Waals surface area contributed by atoms with Gasteiger partial charge in [-0.1, -0.05) is 24.3 Å². The summed E-state index contributed by atoms with van der Waals surface area (Å²) in [4.78, 5) is 17.6. The molecule has 2 aromatic carbocycles. The summed E-state index contributed by atoms with van der Waals surface area (Å²) in [7, 11) is 0. The van der Waals surface area contributed by atoms with Gasteiger partial charge >= 0.3 is 0 Å². The number of aliphatic hydroxyl groups excluding tert-OH is 1. The average molecular weight is 482 g/mol. The van der Waals surface area contributed by atoms with E-state index in [9.17, 15) is 23.1 Å². The van der Waals surface area contributed by atoms with E-state index in [0.717, 1.165) is 33.3 Å². The molecule has 0 bridgehead atoms. The molecule has 2 heterocycles. The van der Waals surface area contributed by atoms with Crippen LogP contribution in [0.3, 0.4) is 0 Å². The maximum Gasteiger partial charge on any atom is 0.265 e. The predicted octanol–water partition coefficient (Wildman–Crippen LogP) is 5.21. The fourth-order valence-corrected chi connectivity index (χ4v) is 4.29. The van der Waals surface area contributed by atoms with Crippen LogP contribution in [-0.4, -0.2) is 25.8 Å². The van der Waals surface area contributed by atoms with Crippen molar-refractivity contribution in [1.82, 2.24) is 14.1 Å². The molecule has 1 N–H and O–H groups in total. The van der Waals surface area contributed by atoms with Crippen LogP contribution in [0.4, 0.5) is 13.2 Å². The SMILES string of the molecule is Cc1ccc([C@H](CO)n2cc(C(F)F)cc(Cc3ccc(-n4cnc(C)c4)c(C)c3)c2=O)c(F)c1. The molecule has 0 radical (unpaired) electrons. The summed E-state index contributed by atoms with van der Waals surface area (Å²) < 4.78 is 45.0. The lowest BCUT2D eigenvalue weighted by atomic mass is 10.0. The first-order valence-electron chi connectivity index (χ1n) is 11.2. The van der Waals surface area contributed by atoms with Crippen LogP contribution < -0.4 is 5.56 Å². The molecule has 35 heavy (non-hydrogen) atoms. The van der Waals surface area contributed by atoms with Crippen molar-refractivity contribution in [3.8, 4) is 5.69 Å². The van der Waals surface area contributed by atoms with Gasteiger partial charge in [-0.25, -0.2) is 18.2 Å². The molecule has 0 aliphatic rings. The number of imidazole rings is 1. The van der Waals surface area contributed by atoms with E-state index in [1.165, 1.54) is 18.2 Å². The Kier molecular flexibility index (Phi) is 6.93. The van der Waals surface area contributed by atoms with E-state index in [1.807, 2.05) is 42.8 Å². The Bertz CT molecular complexity index is 1430. The molecule has 182 valence electrons. The highest BCUT2D eigenvalue weighted by Crippen LogP contribution is 2.26. The molecule has 5 nitrogen and oxygen atoms in total. The van der Waals surface area contributed by atoms with Gasteiger partial charge in [-0.05, 0) is 55.7 Å². The fraction of sp³-hybridized carbons (Fsp3) is 0.259. The van der Waals surface area contributed by atoms with Crippen LogP contribution >= 0.6 is 0 Å². The number of hydrogen-bond acceptors (Lipinski definition) is 3. The van der Waals surface area contributed by atoms with Crippen LogP contribution in [0.15, 0.2) is 66.0 Å². The van der Waals surface area contributed by atoms with E-state index in [0.29, 0.717) is 5.56 Å². The number of aromatic nitrogens is 3. The molecule has 0 saturated carbocycles. The number of hydrogen-bond donors (Lipinski definition) is 1. The van der Waals surface area contributed by atoms with Crippen molar-refractivity contribution in [2.24, 2.45) is 0 Å². The van der Waals surface area contributed by atoms with Crippen molar-refractivity contribution < 1.29 is 18.3 Å². The zero-order valence-corrected chi connectivity index (χ0v) is 19.7.